The molecule has 1 aromatic heterocycles. The highest BCUT2D eigenvalue weighted by atomic mass is 32.1. The molecule has 2 amide bonds. The van der Waals surface area contributed by atoms with Crippen molar-refractivity contribution in [3.8, 4) is 11.5 Å². The number of esters is 1. The highest BCUT2D eigenvalue weighted by Gasteiger charge is 2.27. The third kappa shape index (κ3) is 5.74. The molecule has 0 aliphatic carbocycles. The van der Waals surface area contributed by atoms with Crippen molar-refractivity contribution in [1.29, 1.82) is 0 Å². The average molecular weight is 483 g/mol. The number of rotatable bonds is 9. The van der Waals surface area contributed by atoms with Gasteiger partial charge in [-0.05, 0) is 50.1 Å². The summed E-state index contributed by atoms with van der Waals surface area (Å²) in [6.07, 6.45) is 0. The Morgan fingerprint density at radius 3 is 2.29 bits per heavy atom. The number of benzene rings is 2. The van der Waals surface area contributed by atoms with Gasteiger partial charge in [-0.25, -0.2) is 4.79 Å². The van der Waals surface area contributed by atoms with E-state index in [1.165, 1.54) is 7.11 Å². The van der Waals surface area contributed by atoms with Crippen molar-refractivity contribution in [2.45, 2.75) is 20.8 Å². The predicted molar refractivity (Wildman–Crippen MR) is 131 cm³/mol. The van der Waals surface area contributed by atoms with E-state index in [1.807, 2.05) is 25.1 Å². The Kier molecular flexibility index (Phi) is 8.26. The predicted octanol–water partition coefficient (Wildman–Crippen LogP) is 4.82. The molecule has 0 radical (unpaired) electrons. The maximum Gasteiger partial charge on any atom is 0.341 e. The van der Waals surface area contributed by atoms with E-state index in [-0.39, 0.29) is 29.7 Å². The number of ether oxygens (including phenoxy) is 3. The molecule has 0 saturated heterocycles. The zero-order chi connectivity index (χ0) is 24.7. The summed E-state index contributed by atoms with van der Waals surface area (Å²) in [5.41, 5.74) is 2.13. The second kappa shape index (κ2) is 11.3. The van der Waals surface area contributed by atoms with Crippen LogP contribution in [0.25, 0.3) is 0 Å². The molecule has 9 heteroatoms. The Bertz CT molecular complexity index is 1200. The van der Waals surface area contributed by atoms with Gasteiger partial charge in [0.15, 0.2) is 18.1 Å². The number of hydrogen-bond donors (Lipinski definition) is 2. The normalized spacial score (nSPS) is 10.4. The fourth-order valence-corrected chi connectivity index (χ4v) is 4.31. The highest BCUT2D eigenvalue weighted by Crippen LogP contribution is 2.34. The van der Waals surface area contributed by atoms with Gasteiger partial charge in [0.25, 0.3) is 11.8 Å². The number of methoxy groups -OCH3 is 1. The van der Waals surface area contributed by atoms with Crippen molar-refractivity contribution in [1.82, 2.24) is 0 Å². The summed E-state index contributed by atoms with van der Waals surface area (Å²) in [7, 11) is 1.51. The molecule has 2 N–H and O–H groups in total. The van der Waals surface area contributed by atoms with E-state index in [0.29, 0.717) is 27.6 Å². The van der Waals surface area contributed by atoms with E-state index < -0.39 is 11.9 Å². The maximum atomic E-state index is 13.0. The first-order valence-corrected chi connectivity index (χ1v) is 11.4. The van der Waals surface area contributed by atoms with Gasteiger partial charge in [-0.2, -0.15) is 0 Å². The molecule has 0 unspecified atom stereocenters. The second-order valence-electron chi connectivity index (χ2n) is 7.24. The lowest BCUT2D eigenvalue weighted by molar-refractivity contribution is -0.118. The minimum atomic E-state index is -0.618. The van der Waals surface area contributed by atoms with Crippen molar-refractivity contribution >= 4 is 39.8 Å². The molecule has 3 rings (SSSR count). The fourth-order valence-electron chi connectivity index (χ4n) is 3.20. The summed E-state index contributed by atoms with van der Waals surface area (Å²) in [6, 6.07) is 14.3. The fraction of sp³-hybridized carbons (Fsp3) is 0.240. The molecule has 178 valence electrons. The number of para-hydroxylation sites is 3. The van der Waals surface area contributed by atoms with Crippen molar-refractivity contribution in [3.05, 3.63) is 70.1 Å². The van der Waals surface area contributed by atoms with Crippen LogP contribution in [-0.2, 0) is 9.53 Å². The molecular formula is C25H26N2O6S. The average Bonchev–Trinajstić information content (AvgIpc) is 3.15. The first-order chi connectivity index (χ1) is 16.3. The number of nitrogens with one attached hydrogen (secondary N) is 2. The molecule has 2 aromatic carbocycles. The molecule has 34 heavy (non-hydrogen) atoms. The van der Waals surface area contributed by atoms with Gasteiger partial charge in [-0.15, -0.1) is 11.3 Å². The lowest BCUT2D eigenvalue weighted by atomic mass is 10.1. The molecule has 3 aromatic rings. The van der Waals surface area contributed by atoms with E-state index in [4.69, 9.17) is 14.2 Å². The standard InChI is InChI=1S/C25H26N2O6S/c1-5-32-25(30)21-16(3)22(23(29)26-17-11-7-6-10-15(17)2)34-24(21)27-20(28)14-33-19-13-9-8-12-18(19)31-4/h6-13H,5,14H2,1-4H3,(H,26,29)(H,27,28). The number of hydrogen-bond acceptors (Lipinski definition) is 7. The number of aryl methyl sites for hydroxylation is 1. The second-order valence-corrected chi connectivity index (χ2v) is 8.26. The van der Waals surface area contributed by atoms with Crippen LogP contribution in [0.4, 0.5) is 10.7 Å². The van der Waals surface area contributed by atoms with Gasteiger partial charge in [0.1, 0.15) is 5.00 Å². The Hall–Kier alpha value is -3.85. The van der Waals surface area contributed by atoms with Gasteiger partial charge in [0, 0.05) is 5.69 Å². The van der Waals surface area contributed by atoms with E-state index >= 15 is 0 Å². The summed E-state index contributed by atoms with van der Waals surface area (Å²) in [5, 5.41) is 5.76. The van der Waals surface area contributed by atoms with Crippen LogP contribution in [0, 0.1) is 13.8 Å². The monoisotopic (exact) mass is 482 g/mol. The van der Waals surface area contributed by atoms with Gasteiger partial charge in [-0.3, -0.25) is 9.59 Å². The van der Waals surface area contributed by atoms with Crippen molar-refractivity contribution in [2.75, 3.05) is 31.0 Å². The molecule has 0 bridgehead atoms. The number of thiophene rings is 1. The van der Waals surface area contributed by atoms with Crippen LogP contribution in [0.1, 0.15) is 38.1 Å². The van der Waals surface area contributed by atoms with Crippen LogP contribution in [0.5, 0.6) is 11.5 Å². The zero-order valence-electron chi connectivity index (χ0n) is 19.4. The van der Waals surface area contributed by atoms with Crippen molar-refractivity contribution in [3.63, 3.8) is 0 Å². The number of carbonyl (C=O) groups is 3. The molecule has 0 aliphatic rings. The van der Waals surface area contributed by atoms with Crippen LogP contribution in [0.3, 0.4) is 0 Å². The number of amides is 2. The van der Waals surface area contributed by atoms with Crippen LogP contribution in [0.15, 0.2) is 48.5 Å². The van der Waals surface area contributed by atoms with Crippen molar-refractivity contribution in [2.24, 2.45) is 0 Å². The Balaban J connectivity index is 1.82. The minimum Gasteiger partial charge on any atom is -0.493 e. The lowest BCUT2D eigenvalue weighted by Crippen LogP contribution is -2.21. The Morgan fingerprint density at radius 2 is 1.62 bits per heavy atom. The number of anilines is 2. The van der Waals surface area contributed by atoms with Gasteiger partial charge in [0.2, 0.25) is 0 Å². The molecule has 0 atom stereocenters. The third-order valence-electron chi connectivity index (χ3n) is 4.91. The van der Waals surface area contributed by atoms with Gasteiger partial charge < -0.3 is 24.8 Å². The summed E-state index contributed by atoms with van der Waals surface area (Å²) >= 11 is 1.01. The van der Waals surface area contributed by atoms with E-state index in [1.54, 1.807) is 44.2 Å². The lowest BCUT2D eigenvalue weighted by Gasteiger charge is -2.10. The van der Waals surface area contributed by atoms with Crippen LogP contribution >= 0.6 is 11.3 Å². The largest absolute Gasteiger partial charge is 0.493 e. The zero-order valence-corrected chi connectivity index (χ0v) is 20.2. The third-order valence-corrected chi connectivity index (χ3v) is 6.11. The molecule has 0 spiro atoms. The van der Waals surface area contributed by atoms with Gasteiger partial charge >= 0.3 is 5.97 Å². The molecule has 1 heterocycles. The van der Waals surface area contributed by atoms with Crippen molar-refractivity contribution < 1.29 is 28.6 Å². The van der Waals surface area contributed by atoms with E-state index in [9.17, 15) is 14.4 Å². The first kappa shape index (κ1) is 24.8. The quantitative estimate of drug-likeness (QED) is 0.424. The summed E-state index contributed by atoms with van der Waals surface area (Å²) < 4.78 is 15.9. The van der Waals surface area contributed by atoms with Crippen LogP contribution in [-0.4, -0.2) is 38.1 Å². The summed E-state index contributed by atoms with van der Waals surface area (Å²) in [4.78, 5) is 38.5. The van der Waals surface area contributed by atoms with E-state index in [0.717, 1.165) is 16.9 Å². The maximum absolute atomic E-state index is 13.0. The molecule has 0 aliphatic heterocycles. The SMILES string of the molecule is CCOC(=O)c1c(NC(=O)COc2ccccc2OC)sc(C(=O)Nc2ccccc2C)c1C. The smallest absolute Gasteiger partial charge is 0.341 e. The van der Waals surface area contributed by atoms with E-state index in [2.05, 4.69) is 10.6 Å². The Morgan fingerprint density at radius 1 is 0.941 bits per heavy atom. The highest BCUT2D eigenvalue weighted by molar-refractivity contribution is 7.19. The number of carbonyl (C=O) groups excluding carboxylic acids is 3. The summed E-state index contributed by atoms with van der Waals surface area (Å²) in [5.74, 6) is -0.597. The molecule has 8 nitrogen and oxygen atoms in total. The topological polar surface area (TPSA) is 103 Å². The van der Waals surface area contributed by atoms with Crippen LogP contribution < -0.4 is 20.1 Å². The van der Waals surface area contributed by atoms with Crippen LogP contribution in [0.2, 0.25) is 0 Å². The molecular weight excluding hydrogens is 456 g/mol. The first-order valence-electron chi connectivity index (χ1n) is 10.6. The Labute approximate surface area is 201 Å². The summed E-state index contributed by atoms with van der Waals surface area (Å²) in [6.45, 7) is 5.06. The van der Waals surface area contributed by atoms with Gasteiger partial charge in [-0.1, -0.05) is 30.3 Å². The minimum absolute atomic E-state index is 0.146. The molecule has 0 saturated carbocycles. The molecule has 0 fully saturated rings. The van der Waals surface area contributed by atoms with Gasteiger partial charge in [0.05, 0.1) is 24.2 Å².